The summed E-state index contributed by atoms with van der Waals surface area (Å²) in [6.07, 6.45) is 0.555. The Labute approximate surface area is 165 Å². The van der Waals surface area contributed by atoms with Crippen LogP contribution in [0.2, 0.25) is 0 Å². The molecule has 2 nitrogen and oxygen atoms in total. The molecule has 0 unspecified atom stereocenters. The Bertz CT molecular complexity index is 1220. The normalized spacial score (nSPS) is 12.2. The van der Waals surface area contributed by atoms with Gasteiger partial charge < -0.3 is 9.47 Å². The van der Waals surface area contributed by atoms with E-state index in [4.69, 9.17) is 9.47 Å². The number of hydrogen-bond acceptors (Lipinski definition) is 2. The average molecular weight is 368 g/mol. The van der Waals surface area contributed by atoms with E-state index in [-0.39, 0.29) is 6.29 Å². The van der Waals surface area contributed by atoms with Gasteiger partial charge in [0.25, 0.3) is 0 Å². The number of fused-ring (bicyclic) bond motifs is 2. The average Bonchev–Trinajstić information content (AvgIpc) is 2.73. The molecular formula is C26H24O2. The first-order valence-corrected chi connectivity index (χ1v) is 10.1. The quantitative estimate of drug-likeness (QED) is 0.189. The van der Waals surface area contributed by atoms with Crippen LogP contribution in [-0.2, 0) is 15.9 Å². The van der Waals surface area contributed by atoms with Gasteiger partial charge in [-0.15, -0.1) is 0 Å². The standard InChI is InChI=1S/C26H24O2/c1-3-27-24(28-4-2)16-18-14-15-23-21-12-6-9-17-8-5-11-20(25(17)21)22-13-7-10-19(18)26(22)23/h5-15,24H,3-4,16H2,1-2H3. The highest BCUT2D eigenvalue weighted by Gasteiger charge is 2.16. The zero-order valence-electron chi connectivity index (χ0n) is 16.4. The third-order valence-electron chi connectivity index (χ3n) is 5.71. The zero-order chi connectivity index (χ0) is 19.1. The van der Waals surface area contributed by atoms with E-state index >= 15 is 0 Å². The van der Waals surface area contributed by atoms with Gasteiger partial charge in [0.2, 0.25) is 0 Å². The highest BCUT2D eigenvalue weighted by atomic mass is 16.7. The molecular weight excluding hydrogens is 344 g/mol. The maximum absolute atomic E-state index is 5.82. The van der Waals surface area contributed by atoms with E-state index in [9.17, 15) is 0 Å². The molecule has 0 saturated heterocycles. The largest absolute Gasteiger partial charge is 0.353 e. The summed E-state index contributed by atoms with van der Waals surface area (Å²) < 4.78 is 11.6. The van der Waals surface area contributed by atoms with Crippen molar-refractivity contribution in [1.29, 1.82) is 0 Å². The first-order valence-electron chi connectivity index (χ1n) is 10.1. The monoisotopic (exact) mass is 368 g/mol. The van der Waals surface area contributed by atoms with Crippen molar-refractivity contribution in [2.24, 2.45) is 0 Å². The molecule has 5 rings (SSSR count). The van der Waals surface area contributed by atoms with Crippen LogP contribution in [0.4, 0.5) is 0 Å². The molecule has 0 bridgehead atoms. The van der Waals surface area contributed by atoms with Crippen LogP contribution in [0.3, 0.4) is 0 Å². The predicted molar refractivity (Wildman–Crippen MR) is 118 cm³/mol. The van der Waals surface area contributed by atoms with Crippen molar-refractivity contribution in [2.45, 2.75) is 26.6 Å². The van der Waals surface area contributed by atoms with E-state index in [0.717, 1.165) is 6.42 Å². The molecule has 0 radical (unpaired) electrons. The van der Waals surface area contributed by atoms with Gasteiger partial charge in [0.15, 0.2) is 6.29 Å². The van der Waals surface area contributed by atoms with Crippen LogP contribution >= 0.6 is 0 Å². The van der Waals surface area contributed by atoms with Crippen LogP contribution in [0.5, 0.6) is 0 Å². The number of hydrogen-bond donors (Lipinski definition) is 0. The van der Waals surface area contributed by atoms with E-state index in [2.05, 4.69) is 66.7 Å². The zero-order valence-corrected chi connectivity index (χ0v) is 16.4. The Balaban J connectivity index is 1.82. The van der Waals surface area contributed by atoms with Crippen molar-refractivity contribution in [3.05, 3.63) is 72.3 Å². The molecule has 0 fully saturated rings. The van der Waals surface area contributed by atoms with Crippen LogP contribution in [0, 0.1) is 0 Å². The van der Waals surface area contributed by atoms with Crippen LogP contribution in [-0.4, -0.2) is 19.5 Å². The summed E-state index contributed by atoms with van der Waals surface area (Å²) in [7, 11) is 0. The van der Waals surface area contributed by atoms with E-state index in [1.807, 2.05) is 13.8 Å². The minimum atomic E-state index is -0.202. The molecule has 0 aromatic heterocycles. The van der Waals surface area contributed by atoms with Gasteiger partial charge >= 0.3 is 0 Å². The SMILES string of the molecule is CCOC(Cc1ccc2c3cccc4cccc(c5cccc1c52)c43)OCC. The van der Waals surface area contributed by atoms with Crippen molar-refractivity contribution in [1.82, 2.24) is 0 Å². The van der Waals surface area contributed by atoms with E-state index in [1.54, 1.807) is 0 Å². The van der Waals surface area contributed by atoms with Crippen molar-refractivity contribution >= 4 is 43.1 Å². The molecule has 0 spiro atoms. The topological polar surface area (TPSA) is 18.5 Å². The molecule has 0 amide bonds. The van der Waals surface area contributed by atoms with Crippen LogP contribution in [0.1, 0.15) is 19.4 Å². The number of ether oxygens (including phenoxy) is 2. The van der Waals surface area contributed by atoms with Crippen molar-refractivity contribution in [3.8, 4) is 0 Å². The lowest BCUT2D eigenvalue weighted by atomic mass is 9.88. The highest BCUT2D eigenvalue weighted by Crippen LogP contribution is 2.41. The summed E-state index contributed by atoms with van der Waals surface area (Å²) in [6.45, 7) is 5.34. The van der Waals surface area contributed by atoms with Gasteiger partial charge in [-0.1, -0.05) is 66.7 Å². The predicted octanol–water partition coefficient (Wildman–Crippen LogP) is 6.68. The second-order valence-corrected chi connectivity index (χ2v) is 7.25. The fraction of sp³-hybridized carbons (Fsp3) is 0.231. The highest BCUT2D eigenvalue weighted by molar-refractivity contribution is 6.33. The van der Waals surface area contributed by atoms with E-state index in [0.29, 0.717) is 13.2 Å². The Kier molecular flexibility index (Phi) is 4.38. The molecule has 0 N–H and O–H groups in total. The molecule has 140 valence electrons. The summed E-state index contributed by atoms with van der Waals surface area (Å²) >= 11 is 0. The first-order chi connectivity index (χ1) is 13.8. The van der Waals surface area contributed by atoms with Crippen molar-refractivity contribution in [3.63, 3.8) is 0 Å². The van der Waals surface area contributed by atoms with Crippen LogP contribution < -0.4 is 0 Å². The van der Waals surface area contributed by atoms with E-state index < -0.39 is 0 Å². The molecule has 0 aliphatic rings. The van der Waals surface area contributed by atoms with Gasteiger partial charge in [-0.25, -0.2) is 0 Å². The van der Waals surface area contributed by atoms with Gasteiger partial charge in [-0.2, -0.15) is 0 Å². The number of benzene rings is 5. The molecule has 28 heavy (non-hydrogen) atoms. The molecule has 0 saturated carbocycles. The third kappa shape index (κ3) is 2.64. The van der Waals surface area contributed by atoms with Gasteiger partial charge in [-0.3, -0.25) is 0 Å². The minimum absolute atomic E-state index is 0.202. The summed E-state index contributed by atoms with van der Waals surface area (Å²) in [4.78, 5) is 0. The lowest BCUT2D eigenvalue weighted by molar-refractivity contribution is -0.134. The lowest BCUT2D eigenvalue weighted by Crippen LogP contribution is -2.20. The Hall–Kier alpha value is -2.68. The second kappa shape index (κ2) is 7.05. The smallest absolute Gasteiger partial charge is 0.161 e. The third-order valence-corrected chi connectivity index (χ3v) is 5.71. The van der Waals surface area contributed by atoms with Gasteiger partial charge in [-0.05, 0) is 62.5 Å². The lowest BCUT2D eigenvalue weighted by Gasteiger charge is -2.20. The van der Waals surface area contributed by atoms with Gasteiger partial charge in [0.1, 0.15) is 0 Å². The van der Waals surface area contributed by atoms with Crippen LogP contribution in [0.25, 0.3) is 43.1 Å². The Morgan fingerprint density at radius 3 is 1.79 bits per heavy atom. The first kappa shape index (κ1) is 17.4. The summed E-state index contributed by atoms with van der Waals surface area (Å²) in [5, 5.41) is 10.6. The van der Waals surface area contributed by atoms with Gasteiger partial charge in [0.05, 0.1) is 0 Å². The molecule has 5 aromatic rings. The van der Waals surface area contributed by atoms with Crippen molar-refractivity contribution < 1.29 is 9.47 Å². The maximum Gasteiger partial charge on any atom is 0.161 e. The van der Waals surface area contributed by atoms with E-state index in [1.165, 1.54) is 48.7 Å². The molecule has 0 atom stereocenters. The second-order valence-electron chi connectivity index (χ2n) is 7.25. The maximum atomic E-state index is 5.82. The molecule has 0 aliphatic carbocycles. The van der Waals surface area contributed by atoms with Crippen molar-refractivity contribution in [2.75, 3.05) is 13.2 Å². The Morgan fingerprint density at radius 1 is 0.607 bits per heavy atom. The van der Waals surface area contributed by atoms with Gasteiger partial charge in [0, 0.05) is 19.6 Å². The number of rotatable bonds is 6. The van der Waals surface area contributed by atoms with Crippen LogP contribution in [0.15, 0.2) is 66.7 Å². The molecule has 0 heterocycles. The fourth-order valence-electron chi connectivity index (χ4n) is 4.60. The summed E-state index contributed by atoms with van der Waals surface area (Å²) in [5.41, 5.74) is 1.28. The molecule has 0 aliphatic heterocycles. The fourth-order valence-corrected chi connectivity index (χ4v) is 4.60. The molecule has 5 aromatic carbocycles. The summed E-state index contributed by atoms with van der Waals surface area (Å²) in [5.74, 6) is 0. The Morgan fingerprint density at radius 2 is 1.14 bits per heavy atom. The minimum Gasteiger partial charge on any atom is -0.353 e. The molecule has 2 heteroatoms. The summed E-state index contributed by atoms with van der Waals surface area (Å²) in [6, 6.07) is 24.4.